The minimum Gasteiger partial charge on any atom is -0.374 e. The number of hydrogen-bond donors (Lipinski definition) is 0. The van der Waals surface area contributed by atoms with E-state index in [-0.39, 0.29) is 0 Å². The summed E-state index contributed by atoms with van der Waals surface area (Å²) in [6, 6.07) is 31.2. The molecule has 0 fully saturated rings. The van der Waals surface area contributed by atoms with E-state index >= 15 is 0 Å². The standard InChI is InChI=1S/C23H27NP/c1-4-19-25(20-13-7-5-8-14-20,21-15-9-6-10-16-21)23-18-12-11-17-22(23)24(2)3/h5-18H,4,19H2,1-3H3/q+1. The zero-order chi connectivity index (χ0) is 17.7. The van der Waals surface area contributed by atoms with Gasteiger partial charge < -0.3 is 4.90 Å². The Morgan fingerprint density at radius 2 is 1.16 bits per heavy atom. The second-order valence-corrected chi connectivity index (χ2v) is 10.2. The third-order valence-electron chi connectivity index (χ3n) is 4.73. The van der Waals surface area contributed by atoms with Crippen molar-refractivity contribution in [1.82, 2.24) is 0 Å². The topological polar surface area (TPSA) is 3.24 Å². The average Bonchev–Trinajstić information content (AvgIpc) is 2.67. The Hall–Kier alpha value is -2.11. The summed E-state index contributed by atoms with van der Waals surface area (Å²) < 4.78 is 0. The van der Waals surface area contributed by atoms with Crippen LogP contribution in [0.1, 0.15) is 13.3 Å². The molecule has 3 aromatic rings. The van der Waals surface area contributed by atoms with E-state index in [4.69, 9.17) is 0 Å². The molecule has 0 amide bonds. The van der Waals surface area contributed by atoms with Crippen LogP contribution in [0.3, 0.4) is 0 Å². The van der Waals surface area contributed by atoms with Gasteiger partial charge in [-0.05, 0) is 42.8 Å². The van der Waals surface area contributed by atoms with Crippen LogP contribution in [0.5, 0.6) is 0 Å². The van der Waals surface area contributed by atoms with Crippen LogP contribution in [0.2, 0.25) is 0 Å². The van der Waals surface area contributed by atoms with Crippen molar-refractivity contribution >= 4 is 28.9 Å². The van der Waals surface area contributed by atoms with Crippen molar-refractivity contribution in [1.29, 1.82) is 0 Å². The maximum absolute atomic E-state index is 2.35. The van der Waals surface area contributed by atoms with E-state index in [0.29, 0.717) is 0 Å². The van der Waals surface area contributed by atoms with Crippen molar-refractivity contribution in [2.75, 3.05) is 25.2 Å². The summed E-state index contributed by atoms with van der Waals surface area (Å²) in [6.45, 7) is 2.30. The Balaban J connectivity index is 2.37. The largest absolute Gasteiger partial charge is 0.374 e. The van der Waals surface area contributed by atoms with Gasteiger partial charge in [0.25, 0.3) is 0 Å². The zero-order valence-electron chi connectivity index (χ0n) is 15.4. The normalized spacial score (nSPS) is 11.3. The van der Waals surface area contributed by atoms with Gasteiger partial charge in [0.1, 0.15) is 23.2 Å². The SMILES string of the molecule is CCC[P+](c1ccccc1)(c1ccccc1)c1ccccc1N(C)C. The molecule has 0 aliphatic heterocycles. The van der Waals surface area contributed by atoms with Crippen LogP contribution in [0.15, 0.2) is 84.9 Å². The van der Waals surface area contributed by atoms with Crippen molar-refractivity contribution in [2.45, 2.75) is 13.3 Å². The van der Waals surface area contributed by atoms with Gasteiger partial charge in [0, 0.05) is 14.1 Å². The monoisotopic (exact) mass is 348 g/mol. The van der Waals surface area contributed by atoms with Crippen LogP contribution in [-0.4, -0.2) is 20.3 Å². The van der Waals surface area contributed by atoms with E-state index in [9.17, 15) is 0 Å². The molecule has 0 N–H and O–H groups in total. The van der Waals surface area contributed by atoms with Crippen LogP contribution >= 0.6 is 7.26 Å². The van der Waals surface area contributed by atoms with Gasteiger partial charge in [-0.25, -0.2) is 0 Å². The highest BCUT2D eigenvalue weighted by Crippen LogP contribution is 2.57. The fourth-order valence-corrected chi connectivity index (χ4v) is 8.32. The fraction of sp³-hybridized carbons (Fsp3) is 0.217. The first-order valence-corrected chi connectivity index (χ1v) is 10.9. The molecule has 0 spiro atoms. The Kier molecular flexibility index (Phi) is 5.56. The molecule has 2 heteroatoms. The van der Waals surface area contributed by atoms with Crippen molar-refractivity contribution in [2.24, 2.45) is 0 Å². The molecular formula is C23H27NP+. The van der Waals surface area contributed by atoms with Gasteiger partial charge >= 0.3 is 0 Å². The van der Waals surface area contributed by atoms with E-state index in [2.05, 4.69) is 111 Å². The van der Waals surface area contributed by atoms with Crippen LogP contribution < -0.4 is 20.8 Å². The van der Waals surface area contributed by atoms with Crippen LogP contribution in [0.4, 0.5) is 5.69 Å². The molecule has 3 rings (SSSR count). The van der Waals surface area contributed by atoms with Crippen molar-refractivity contribution in [3.8, 4) is 0 Å². The lowest BCUT2D eigenvalue weighted by molar-refractivity contribution is 1.09. The minimum atomic E-state index is -1.69. The Labute approximate surface area is 152 Å². The molecule has 0 saturated heterocycles. The lowest BCUT2D eigenvalue weighted by Gasteiger charge is -2.30. The van der Waals surface area contributed by atoms with E-state index in [1.54, 1.807) is 0 Å². The zero-order valence-corrected chi connectivity index (χ0v) is 16.3. The Morgan fingerprint density at radius 3 is 1.64 bits per heavy atom. The second kappa shape index (κ2) is 7.85. The van der Waals surface area contributed by atoms with Crippen LogP contribution in [0, 0.1) is 0 Å². The highest BCUT2D eigenvalue weighted by Gasteiger charge is 2.46. The molecule has 0 radical (unpaired) electrons. The molecule has 0 atom stereocenters. The lowest BCUT2D eigenvalue weighted by Crippen LogP contribution is -2.35. The highest BCUT2D eigenvalue weighted by molar-refractivity contribution is 7.96. The van der Waals surface area contributed by atoms with E-state index in [1.165, 1.54) is 34.2 Å². The predicted octanol–water partition coefficient (Wildman–Crippen LogP) is 4.46. The molecule has 1 nitrogen and oxygen atoms in total. The van der Waals surface area contributed by atoms with Gasteiger partial charge in [0.15, 0.2) is 0 Å². The molecule has 0 saturated carbocycles. The van der Waals surface area contributed by atoms with E-state index in [0.717, 1.165) is 0 Å². The molecule has 0 aliphatic rings. The maximum atomic E-state index is 2.35. The third-order valence-corrected chi connectivity index (χ3v) is 9.41. The van der Waals surface area contributed by atoms with Crippen LogP contribution in [-0.2, 0) is 0 Å². The molecule has 0 aliphatic carbocycles. The van der Waals surface area contributed by atoms with Crippen molar-refractivity contribution in [3.05, 3.63) is 84.9 Å². The average molecular weight is 348 g/mol. The fourth-order valence-electron chi connectivity index (χ4n) is 3.67. The number of rotatable bonds is 6. The summed E-state index contributed by atoms with van der Waals surface area (Å²) >= 11 is 0. The van der Waals surface area contributed by atoms with Crippen molar-refractivity contribution < 1.29 is 0 Å². The first kappa shape index (κ1) is 17.7. The summed E-state index contributed by atoms with van der Waals surface area (Å²) in [5.41, 5.74) is 1.33. The summed E-state index contributed by atoms with van der Waals surface area (Å²) in [7, 11) is 2.61. The minimum absolute atomic E-state index is 1.17. The van der Waals surface area contributed by atoms with Gasteiger partial charge in [-0.1, -0.05) is 55.5 Å². The number of anilines is 1. The highest BCUT2D eigenvalue weighted by atomic mass is 31.2. The first-order chi connectivity index (χ1) is 12.2. The molecule has 0 aromatic heterocycles. The summed E-state index contributed by atoms with van der Waals surface area (Å²) in [4.78, 5) is 2.26. The second-order valence-electron chi connectivity index (χ2n) is 6.59. The quantitative estimate of drug-likeness (QED) is 0.595. The Bertz CT molecular complexity index is 757. The van der Waals surface area contributed by atoms with E-state index in [1.807, 2.05) is 0 Å². The molecular weight excluding hydrogens is 321 g/mol. The predicted molar refractivity (Wildman–Crippen MR) is 115 cm³/mol. The molecule has 25 heavy (non-hydrogen) atoms. The van der Waals surface area contributed by atoms with E-state index < -0.39 is 7.26 Å². The summed E-state index contributed by atoms with van der Waals surface area (Å²) in [5.74, 6) is 0. The van der Waals surface area contributed by atoms with Gasteiger partial charge in [-0.2, -0.15) is 0 Å². The van der Waals surface area contributed by atoms with Gasteiger partial charge in [0.05, 0.1) is 11.8 Å². The lowest BCUT2D eigenvalue weighted by atomic mass is 10.3. The molecule has 3 aromatic carbocycles. The Morgan fingerprint density at radius 1 is 0.680 bits per heavy atom. The summed E-state index contributed by atoms with van der Waals surface area (Å²) in [6.07, 6.45) is 2.35. The van der Waals surface area contributed by atoms with Gasteiger partial charge in [-0.15, -0.1) is 0 Å². The van der Waals surface area contributed by atoms with Gasteiger partial charge in [0.2, 0.25) is 0 Å². The summed E-state index contributed by atoms with van der Waals surface area (Å²) in [5, 5.41) is 4.42. The molecule has 128 valence electrons. The number of para-hydroxylation sites is 1. The van der Waals surface area contributed by atoms with Crippen LogP contribution in [0.25, 0.3) is 0 Å². The molecule has 0 heterocycles. The number of nitrogens with zero attached hydrogens (tertiary/aromatic N) is 1. The van der Waals surface area contributed by atoms with Crippen molar-refractivity contribution in [3.63, 3.8) is 0 Å². The first-order valence-electron chi connectivity index (χ1n) is 8.96. The third kappa shape index (κ3) is 3.34. The number of hydrogen-bond acceptors (Lipinski definition) is 1. The smallest absolute Gasteiger partial charge is 0.127 e. The maximum Gasteiger partial charge on any atom is 0.127 e. The molecule has 0 unspecified atom stereocenters. The number of benzene rings is 3. The molecule has 0 bridgehead atoms. The van der Waals surface area contributed by atoms with Gasteiger partial charge in [-0.3, -0.25) is 0 Å².